The van der Waals surface area contributed by atoms with E-state index in [0.717, 1.165) is 31.6 Å². The van der Waals surface area contributed by atoms with E-state index in [4.69, 9.17) is 4.42 Å². The molecule has 0 saturated carbocycles. The number of hydrogen-bond acceptors (Lipinski definition) is 5. The molecule has 1 aliphatic rings. The van der Waals surface area contributed by atoms with Crippen molar-refractivity contribution in [3.8, 4) is 11.5 Å². The maximum absolute atomic E-state index is 12.4. The number of carbonyl (C=O) groups is 1. The van der Waals surface area contributed by atoms with Crippen LogP contribution in [0, 0.1) is 6.92 Å². The van der Waals surface area contributed by atoms with Crippen LogP contribution in [0.4, 0.5) is 0 Å². The minimum absolute atomic E-state index is 0.00711. The largest absolute Gasteiger partial charge is 0.441 e. The van der Waals surface area contributed by atoms with Crippen LogP contribution in [-0.4, -0.2) is 51.9 Å². The van der Waals surface area contributed by atoms with Crippen LogP contribution in [0.1, 0.15) is 36.8 Å². The van der Waals surface area contributed by atoms with E-state index >= 15 is 0 Å². The predicted octanol–water partition coefficient (Wildman–Crippen LogP) is 2.67. The molecule has 1 amide bonds. The fraction of sp³-hybridized carbons (Fsp3) is 0.524. The highest BCUT2D eigenvalue weighted by Crippen LogP contribution is 2.23. The van der Waals surface area contributed by atoms with Gasteiger partial charge in [0.1, 0.15) is 11.5 Å². The Kier molecular flexibility index (Phi) is 7.39. The molecular weight excluding hydrogens is 374 g/mol. The second-order valence-corrected chi connectivity index (χ2v) is 8.66. The van der Waals surface area contributed by atoms with Gasteiger partial charge >= 0.3 is 0 Å². The molecule has 0 unspecified atom stereocenters. The average Bonchev–Trinajstić information content (AvgIpc) is 3.32. The van der Waals surface area contributed by atoms with Gasteiger partial charge < -0.3 is 14.6 Å². The molecule has 1 aromatic carbocycles. The highest BCUT2D eigenvalue weighted by atomic mass is 32.2. The zero-order chi connectivity index (χ0) is 19.9. The molecule has 28 heavy (non-hydrogen) atoms. The molecule has 6 nitrogen and oxygen atoms in total. The summed E-state index contributed by atoms with van der Waals surface area (Å²) in [5.74, 6) is 1.23. The predicted molar refractivity (Wildman–Crippen MR) is 111 cm³/mol. The van der Waals surface area contributed by atoms with E-state index in [-0.39, 0.29) is 17.4 Å². The lowest BCUT2D eigenvalue weighted by molar-refractivity contribution is -0.118. The van der Waals surface area contributed by atoms with Crippen molar-refractivity contribution < 1.29 is 13.4 Å². The van der Waals surface area contributed by atoms with Gasteiger partial charge in [0.15, 0.2) is 0 Å². The molecule has 1 saturated heterocycles. The number of amides is 1. The van der Waals surface area contributed by atoms with Crippen LogP contribution in [0.15, 0.2) is 28.7 Å². The first-order chi connectivity index (χ1) is 13.5. The Labute approximate surface area is 169 Å². The van der Waals surface area contributed by atoms with Crippen LogP contribution in [0.5, 0.6) is 0 Å². The standard InChI is InChI=1S/C21H29N3O3S/c1-3-17-6-8-18(9-7-17)21-23-19(16(2)27-21)14-28(26)15-20(25)22-10-13-24-11-4-5-12-24/h6-9H,3-5,10-15H2,1-2H3,(H,22,25)/t28-/m0/s1. The van der Waals surface area contributed by atoms with E-state index in [1.165, 1.54) is 18.4 Å². The number of benzene rings is 1. The SMILES string of the molecule is CCc1ccc(-c2nc(C[S@](=O)CC(=O)NCCN3CCCC3)c(C)o2)cc1. The molecule has 1 atom stereocenters. The normalized spacial score (nSPS) is 15.6. The Morgan fingerprint density at radius 3 is 2.64 bits per heavy atom. The van der Waals surface area contributed by atoms with Gasteiger partial charge in [-0.15, -0.1) is 0 Å². The van der Waals surface area contributed by atoms with Crippen molar-refractivity contribution in [2.75, 3.05) is 31.9 Å². The zero-order valence-electron chi connectivity index (χ0n) is 16.7. The minimum atomic E-state index is -1.31. The summed E-state index contributed by atoms with van der Waals surface area (Å²) in [5.41, 5.74) is 2.80. The molecule has 2 heterocycles. The first-order valence-corrected chi connectivity index (χ1v) is 11.4. The fourth-order valence-electron chi connectivity index (χ4n) is 3.33. The summed E-state index contributed by atoms with van der Waals surface area (Å²) in [4.78, 5) is 18.9. The third-order valence-corrected chi connectivity index (χ3v) is 6.22. The summed E-state index contributed by atoms with van der Waals surface area (Å²) in [6.45, 7) is 7.62. The second-order valence-electron chi connectivity index (χ2n) is 7.20. The van der Waals surface area contributed by atoms with Gasteiger partial charge in [0, 0.05) is 29.5 Å². The van der Waals surface area contributed by atoms with Gasteiger partial charge in [0.05, 0.1) is 11.4 Å². The molecule has 152 valence electrons. The number of hydrogen-bond donors (Lipinski definition) is 1. The Hall–Kier alpha value is -1.99. The average molecular weight is 404 g/mol. The van der Waals surface area contributed by atoms with Crippen molar-refractivity contribution in [2.24, 2.45) is 0 Å². The topological polar surface area (TPSA) is 75.4 Å². The Morgan fingerprint density at radius 1 is 1.25 bits per heavy atom. The Morgan fingerprint density at radius 2 is 1.96 bits per heavy atom. The Balaban J connectivity index is 1.49. The van der Waals surface area contributed by atoms with Gasteiger partial charge in [-0.05, 0) is 57.0 Å². The number of carbonyl (C=O) groups excluding carboxylic acids is 1. The lowest BCUT2D eigenvalue weighted by Gasteiger charge is -2.14. The van der Waals surface area contributed by atoms with Gasteiger partial charge in [-0.2, -0.15) is 0 Å². The monoisotopic (exact) mass is 403 g/mol. The lowest BCUT2D eigenvalue weighted by atomic mass is 10.1. The molecule has 7 heteroatoms. The van der Waals surface area contributed by atoms with Crippen LogP contribution < -0.4 is 5.32 Å². The van der Waals surface area contributed by atoms with Crippen molar-refractivity contribution in [3.63, 3.8) is 0 Å². The highest BCUT2D eigenvalue weighted by molar-refractivity contribution is 7.84. The molecule has 0 aliphatic carbocycles. The van der Waals surface area contributed by atoms with E-state index in [1.807, 2.05) is 19.1 Å². The smallest absolute Gasteiger partial charge is 0.232 e. The summed E-state index contributed by atoms with van der Waals surface area (Å²) in [6, 6.07) is 8.08. The third kappa shape index (κ3) is 5.75. The molecule has 1 N–H and O–H groups in total. The summed E-state index contributed by atoms with van der Waals surface area (Å²) < 4.78 is 18.1. The highest BCUT2D eigenvalue weighted by Gasteiger charge is 2.16. The van der Waals surface area contributed by atoms with E-state index in [1.54, 1.807) is 0 Å². The minimum Gasteiger partial charge on any atom is -0.441 e. The van der Waals surface area contributed by atoms with Crippen LogP contribution in [0.25, 0.3) is 11.5 Å². The van der Waals surface area contributed by atoms with Gasteiger partial charge in [0.25, 0.3) is 0 Å². The third-order valence-electron chi connectivity index (χ3n) is 5.04. The summed E-state index contributed by atoms with van der Waals surface area (Å²) >= 11 is 0. The van der Waals surface area contributed by atoms with Crippen molar-refractivity contribution in [2.45, 2.75) is 38.9 Å². The first kappa shape index (κ1) is 20.7. The molecular formula is C21H29N3O3S. The second kappa shape index (κ2) is 9.98. The number of likely N-dealkylation sites (tertiary alicyclic amines) is 1. The quantitative estimate of drug-likeness (QED) is 0.697. The van der Waals surface area contributed by atoms with Gasteiger partial charge in [-0.3, -0.25) is 9.00 Å². The maximum atomic E-state index is 12.4. The van der Waals surface area contributed by atoms with Crippen molar-refractivity contribution >= 4 is 16.7 Å². The summed E-state index contributed by atoms with van der Waals surface area (Å²) in [5, 5.41) is 2.87. The Bertz CT molecular complexity index is 811. The molecule has 0 spiro atoms. The van der Waals surface area contributed by atoms with Crippen molar-refractivity contribution in [3.05, 3.63) is 41.3 Å². The number of aromatic nitrogens is 1. The van der Waals surface area contributed by atoms with Crippen LogP contribution in [-0.2, 0) is 27.8 Å². The molecule has 2 aromatic rings. The fourth-order valence-corrected chi connectivity index (χ4v) is 4.40. The van der Waals surface area contributed by atoms with Crippen LogP contribution in [0.2, 0.25) is 0 Å². The van der Waals surface area contributed by atoms with E-state index in [0.29, 0.717) is 23.9 Å². The number of nitrogens with one attached hydrogen (secondary N) is 1. The zero-order valence-corrected chi connectivity index (χ0v) is 17.5. The van der Waals surface area contributed by atoms with E-state index in [2.05, 4.69) is 34.3 Å². The molecule has 1 fully saturated rings. The number of rotatable bonds is 9. The van der Waals surface area contributed by atoms with Crippen LogP contribution in [0.3, 0.4) is 0 Å². The number of oxazole rings is 1. The van der Waals surface area contributed by atoms with Crippen molar-refractivity contribution in [1.29, 1.82) is 0 Å². The van der Waals surface area contributed by atoms with E-state index < -0.39 is 10.8 Å². The summed E-state index contributed by atoms with van der Waals surface area (Å²) in [7, 11) is -1.31. The lowest BCUT2D eigenvalue weighted by Crippen LogP contribution is -2.35. The van der Waals surface area contributed by atoms with Gasteiger partial charge in [0.2, 0.25) is 11.8 Å². The molecule has 1 aromatic heterocycles. The van der Waals surface area contributed by atoms with Crippen LogP contribution >= 0.6 is 0 Å². The molecule has 0 radical (unpaired) electrons. The first-order valence-electron chi connectivity index (χ1n) is 9.94. The number of aryl methyl sites for hydroxylation is 2. The van der Waals surface area contributed by atoms with E-state index in [9.17, 15) is 9.00 Å². The molecule has 3 rings (SSSR count). The van der Waals surface area contributed by atoms with Gasteiger partial charge in [-0.1, -0.05) is 19.1 Å². The van der Waals surface area contributed by atoms with Gasteiger partial charge in [-0.25, -0.2) is 4.98 Å². The maximum Gasteiger partial charge on any atom is 0.232 e. The molecule has 1 aliphatic heterocycles. The summed E-state index contributed by atoms with van der Waals surface area (Å²) in [6.07, 6.45) is 3.45. The number of nitrogens with zero attached hydrogens (tertiary/aromatic N) is 2. The molecule has 0 bridgehead atoms. The van der Waals surface area contributed by atoms with Crippen molar-refractivity contribution in [1.82, 2.24) is 15.2 Å².